The topological polar surface area (TPSA) is 52.3 Å². The molecule has 16 heavy (non-hydrogen) atoms. The summed E-state index contributed by atoms with van der Waals surface area (Å²) in [4.78, 5) is 10.6. The third-order valence-electron chi connectivity index (χ3n) is 2.31. The summed E-state index contributed by atoms with van der Waals surface area (Å²) in [6, 6.07) is 6.72. The van der Waals surface area contributed by atoms with Crippen LogP contribution in [-0.4, -0.2) is 25.3 Å². The van der Waals surface area contributed by atoms with Crippen LogP contribution in [0.2, 0.25) is 0 Å². The lowest BCUT2D eigenvalue weighted by atomic mass is 10.2. The van der Waals surface area contributed by atoms with Crippen LogP contribution in [0.4, 0.5) is 0 Å². The number of hydrogen-bond donors (Lipinski definition) is 1. The number of carbonyl (C=O) groups is 1. The molecule has 1 amide bonds. The van der Waals surface area contributed by atoms with E-state index in [1.807, 2.05) is 0 Å². The smallest absolute Gasteiger partial charge is 0.248 e. The molecule has 0 unspecified atom stereocenters. The number of primary amides is 1. The van der Waals surface area contributed by atoms with Gasteiger partial charge in [-0.2, -0.15) is 0 Å². The monoisotopic (exact) mass is 239 g/mol. The number of amides is 1. The van der Waals surface area contributed by atoms with Crippen molar-refractivity contribution in [2.45, 2.75) is 12.8 Å². The lowest BCUT2D eigenvalue weighted by Crippen LogP contribution is -2.10. The van der Waals surface area contributed by atoms with E-state index in [1.165, 1.54) is 33.7 Å². The van der Waals surface area contributed by atoms with Crippen molar-refractivity contribution in [1.82, 2.24) is 0 Å². The summed E-state index contributed by atoms with van der Waals surface area (Å²) in [6.45, 7) is 0. The van der Waals surface area contributed by atoms with Crippen molar-refractivity contribution in [3.63, 3.8) is 0 Å². The van der Waals surface area contributed by atoms with Crippen LogP contribution in [0.5, 0.6) is 5.75 Å². The molecule has 0 bridgehead atoms. The zero-order valence-electron chi connectivity index (χ0n) is 9.53. The van der Waals surface area contributed by atoms with E-state index in [0.29, 0.717) is 11.3 Å². The fraction of sp³-hybridized carbons (Fsp3) is 0.417. The van der Waals surface area contributed by atoms with E-state index < -0.39 is 5.91 Å². The fourth-order valence-corrected chi connectivity index (χ4v) is 2.65. The molecule has 1 aromatic carbocycles. The predicted molar refractivity (Wildman–Crippen MR) is 68.8 cm³/mol. The molecule has 1 aliphatic heterocycles. The summed E-state index contributed by atoms with van der Waals surface area (Å²) in [5, 5.41) is 0. The van der Waals surface area contributed by atoms with Crippen molar-refractivity contribution in [1.29, 1.82) is 0 Å². The van der Waals surface area contributed by atoms with Crippen molar-refractivity contribution >= 4 is 14.5 Å². The predicted octanol–water partition coefficient (Wildman–Crippen LogP) is 2.25. The highest BCUT2D eigenvalue weighted by atomic mass is 31.1. The van der Waals surface area contributed by atoms with Gasteiger partial charge in [0.25, 0.3) is 0 Å². The molecule has 2 rings (SSSR count). The van der Waals surface area contributed by atoms with Crippen LogP contribution in [0, 0.1) is 0 Å². The molecule has 0 aliphatic carbocycles. The van der Waals surface area contributed by atoms with E-state index >= 15 is 0 Å². The molecular formula is C12H18NO2P. The number of carbonyl (C=O) groups excluding carboxylic acids is 1. The summed E-state index contributed by atoms with van der Waals surface area (Å²) in [5.74, 6) is 0.199. The first kappa shape index (κ1) is 13.0. The van der Waals surface area contributed by atoms with Gasteiger partial charge in [-0.25, -0.2) is 0 Å². The minimum absolute atomic E-state index is 0.441. The van der Waals surface area contributed by atoms with E-state index in [1.54, 1.807) is 31.4 Å². The number of hydrogen-bond acceptors (Lipinski definition) is 2. The number of methoxy groups -OCH3 is 1. The van der Waals surface area contributed by atoms with Gasteiger partial charge in [-0.1, -0.05) is 6.07 Å². The molecule has 0 radical (unpaired) electrons. The zero-order chi connectivity index (χ0) is 11.8. The Morgan fingerprint density at radius 1 is 1.38 bits per heavy atom. The van der Waals surface area contributed by atoms with Gasteiger partial charge in [-0.15, -0.1) is 8.58 Å². The molecule has 3 nitrogen and oxygen atoms in total. The van der Waals surface area contributed by atoms with Gasteiger partial charge >= 0.3 is 0 Å². The molecule has 0 saturated carbocycles. The summed E-state index contributed by atoms with van der Waals surface area (Å²) < 4.78 is 4.90. The van der Waals surface area contributed by atoms with Gasteiger partial charge in [0, 0.05) is 5.56 Å². The maximum absolute atomic E-state index is 10.6. The minimum Gasteiger partial charge on any atom is -0.497 e. The second-order valence-electron chi connectivity index (χ2n) is 3.55. The number of nitrogens with two attached hydrogens (primary N) is 1. The van der Waals surface area contributed by atoms with Crippen molar-refractivity contribution in [2.24, 2.45) is 5.73 Å². The molecule has 1 heterocycles. The summed E-state index contributed by atoms with van der Waals surface area (Å²) in [6.07, 6.45) is 6.08. The number of ether oxygens (including phenoxy) is 1. The van der Waals surface area contributed by atoms with Gasteiger partial charge in [0.05, 0.1) is 7.11 Å². The molecule has 1 aliphatic rings. The quantitative estimate of drug-likeness (QED) is 0.805. The van der Waals surface area contributed by atoms with Crippen LogP contribution in [0.25, 0.3) is 0 Å². The van der Waals surface area contributed by atoms with E-state index in [2.05, 4.69) is 0 Å². The first-order valence-corrected chi connectivity index (χ1v) is 6.80. The highest BCUT2D eigenvalue weighted by Crippen LogP contribution is 2.21. The van der Waals surface area contributed by atoms with Gasteiger partial charge < -0.3 is 10.5 Å². The van der Waals surface area contributed by atoms with Crippen molar-refractivity contribution in [3.8, 4) is 5.75 Å². The molecular weight excluding hydrogens is 221 g/mol. The normalized spacial score (nSPS) is 13.8. The van der Waals surface area contributed by atoms with Crippen LogP contribution in [-0.2, 0) is 0 Å². The van der Waals surface area contributed by atoms with Crippen LogP contribution in [0.3, 0.4) is 0 Å². The Labute approximate surface area is 98.2 Å². The SMILES string of the molecule is C1CCPC1.COc1cccc(C(N)=O)c1. The Morgan fingerprint density at radius 2 is 2.06 bits per heavy atom. The second-order valence-corrected chi connectivity index (χ2v) is 5.05. The van der Waals surface area contributed by atoms with Crippen molar-refractivity contribution in [3.05, 3.63) is 29.8 Å². The van der Waals surface area contributed by atoms with E-state index in [9.17, 15) is 4.79 Å². The Balaban J connectivity index is 0.000000212. The molecule has 0 atom stereocenters. The summed E-state index contributed by atoms with van der Waals surface area (Å²) >= 11 is 0. The fourth-order valence-electron chi connectivity index (χ4n) is 1.40. The van der Waals surface area contributed by atoms with Gasteiger partial charge in [-0.3, -0.25) is 4.79 Å². The van der Waals surface area contributed by atoms with Crippen molar-refractivity contribution in [2.75, 3.05) is 19.4 Å². The third kappa shape index (κ3) is 4.63. The average molecular weight is 239 g/mol. The third-order valence-corrected chi connectivity index (χ3v) is 3.73. The first-order valence-electron chi connectivity index (χ1n) is 5.38. The van der Waals surface area contributed by atoms with E-state index in [-0.39, 0.29) is 0 Å². The van der Waals surface area contributed by atoms with Gasteiger partial charge in [0.1, 0.15) is 5.75 Å². The van der Waals surface area contributed by atoms with Gasteiger partial charge in [0.2, 0.25) is 5.91 Å². The highest BCUT2D eigenvalue weighted by Gasteiger charge is 1.99. The number of benzene rings is 1. The van der Waals surface area contributed by atoms with Crippen LogP contribution in [0.15, 0.2) is 24.3 Å². The van der Waals surface area contributed by atoms with E-state index in [4.69, 9.17) is 10.5 Å². The largest absolute Gasteiger partial charge is 0.497 e. The molecule has 2 N–H and O–H groups in total. The lowest BCUT2D eigenvalue weighted by molar-refractivity contribution is 0.1000. The lowest BCUT2D eigenvalue weighted by Gasteiger charge is -1.99. The Morgan fingerprint density at radius 3 is 2.50 bits per heavy atom. The Bertz CT molecular complexity index is 330. The Kier molecular flexibility index (Phi) is 5.87. The van der Waals surface area contributed by atoms with Crippen LogP contribution < -0.4 is 10.5 Å². The first-order chi connectivity index (χ1) is 7.74. The molecule has 4 heteroatoms. The van der Waals surface area contributed by atoms with Crippen LogP contribution in [0.1, 0.15) is 23.2 Å². The van der Waals surface area contributed by atoms with Gasteiger partial charge in [0.15, 0.2) is 0 Å². The molecule has 1 fully saturated rings. The van der Waals surface area contributed by atoms with E-state index in [0.717, 1.165) is 0 Å². The number of rotatable bonds is 2. The average Bonchev–Trinajstić information content (AvgIpc) is 2.88. The maximum Gasteiger partial charge on any atom is 0.248 e. The van der Waals surface area contributed by atoms with Crippen LogP contribution >= 0.6 is 8.58 Å². The molecule has 88 valence electrons. The molecule has 1 aromatic rings. The summed E-state index contributed by atoms with van der Waals surface area (Å²) in [7, 11) is 2.85. The molecule has 0 spiro atoms. The zero-order valence-corrected chi connectivity index (χ0v) is 10.5. The standard InChI is InChI=1S/C8H9NO2.C4H9P/c1-11-7-4-2-3-6(5-7)8(9)10;1-2-4-5-3-1/h2-5H,1H3,(H2,9,10);5H,1-4H2. The summed E-state index contributed by atoms with van der Waals surface area (Å²) in [5.41, 5.74) is 5.51. The second kappa shape index (κ2) is 7.24. The Hall–Kier alpha value is -1.08. The minimum atomic E-state index is -0.441. The van der Waals surface area contributed by atoms with Crippen molar-refractivity contribution < 1.29 is 9.53 Å². The van der Waals surface area contributed by atoms with Gasteiger partial charge in [-0.05, 0) is 43.4 Å². The highest BCUT2D eigenvalue weighted by molar-refractivity contribution is 7.38. The molecule has 0 aromatic heterocycles. The molecule has 1 saturated heterocycles. The maximum atomic E-state index is 10.6.